The number of carbonyl (C=O) groups is 2. The molecule has 5 nitrogen and oxygen atoms in total. The number of nitrogens with zero attached hydrogens (tertiary/aromatic N) is 1. The zero-order valence-electron chi connectivity index (χ0n) is 9.07. The molecule has 0 bridgehead atoms. The molecule has 2 N–H and O–H groups in total. The SMILES string of the molecule is CC1=C(C)C(=O)N(CC(C)(O)CO)C1=O. The molecule has 0 radical (unpaired) electrons. The molecular formula is C10H15NO4. The van der Waals surface area contributed by atoms with Crippen LogP contribution in [0.15, 0.2) is 11.1 Å². The summed E-state index contributed by atoms with van der Waals surface area (Å²) in [5.41, 5.74) is -0.654. The van der Waals surface area contributed by atoms with Gasteiger partial charge in [-0.3, -0.25) is 14.5 Å². The van der Waals surface area contributed by atoms with E-state index >= 15 is 0 Å². The Morgan fingerprint density at radius 2 is 1.60 bits per heavy atom. The van der Waals surface area contributed by atoms with E-state index in [0.717, 1.165) is 4.90 Å². The van der Waals surface area contributed by atoms with Crippen molar-refractivity contribution in [2.75, 3.05) is 13.2 Å². The highest BCUT2D eigenvalue weighted by molar-refractivity contribution is 6.18. The van der Waals surface area contributed by atoms with Gasteiger partial charge in [0.05, 0.1) is 13.2 Å². The minimum absolute atomic E-state index is 0.185. The number of aliphatic hydroxyl groups excluding tert-OH is 1. The average Bonchev–Trinajstić information content (AvgIpc) is 2.36. The Kier molecular flexibility index (Phi) is 2.97. The summed E-state index contributed by atoms with van der Waals surface area (Å²) >= 11 is 0. The molecule has 1 aliphatic rings. The third kappa shape index (κ3) is 2.08. The van der Waals surface area contributed by atoms with Crippen molar-refractivity contribution in [1.29, 1.82) is 0 Å². The fraction of sp³-hybridized carbons (Fsp3) is 0.600. The number of imide groups is 1. The summed E-state index contributed by atoms with van der Waals surface area (Å²) in [6.07, 6.45) is 0. The van der Waals surface area contributed by atoms with E-state index in [1.54, 1.807) is 13.8 Å². The Hall–Kier alpha value is -1.20. The summed E-state index contributed by atoms with van der Waals surface area (Å²) in [4.78, 5) is 24.1. The molecule has 1 aliphatic heterocycles. The van der Waals surface area contributed by atoms with Crippen LogP contribution in [-0.4, -0.2) is 45.7 Å². The topological polar surface area (TPSA) is 77.8 Å². The number of carbonyl (C=O) groups excluding carboxylic acids is 2. The predicted molar refractivity (Wildman–Crippen MR) is 52.8 cm³/mol. The first-order chi connectivity index (χ1) is 6.80. The Bertz CT molecular complexity index is 319. The van der Waals surface area contributed by atoms with Crippen molar-refractivity contribution in [1.82, 2.24) is 4.90 Å². The molecule has 0 aromatic heterocycles. The lowest BCUT2D eigenvalue weighted by atomic mass is 10.1. The van der Waals surface area contributed by atoms with E-state index in [0.29, 0.717) is 11.1 Å². The maximum absolute atomic E-state index is 11.6. The summed E-state index contributed by atoms with van der Waals surface area (Å²) in [6.45, 7) is 3.83. The van der Waals surface area contributed by atoms with Gasteiger partial charge in [-0.2, -0.15) is 0 Å². The van der Waals surface area contributed by atoms with Gasteiger partial charge in [-0.1, -0.05) is 0 Å². The van der Waals surface area contributed by atoms with Gasteiger partial charge in [0.15, 0.2) is 0 Å². The number of amides is 2. The van der Waals surface area contributed by atoms with Crippen LogP contribution in [0.4, 0.5) is 0 Å². The monoisotopic (exact) mass is 213 g/mol. The molecule has 1 atom stereocenters. The fourth-order valence-electron chi connectivity index (χ4n) is 1.35. The molecule has 0 spiro atoms. The van der Waals surface area contributed by atoms with E-state index in [2.05, 4.69) is 0 Å². The minimum Gasteiger partial charge on any atom is -0.393 e. The van der Waals surface area contributed by atoms with Crippen molar-refractivity contribution in [3.05, 3.63) is 11.1 Å². The van der Waals surface area contributed by atoms with Crippen LogP contribution in [0.1, 0.15) is 20.8 Å². The highest BCUT2D eigenvalue weighted by atomic mass is 16.3. The van der Waals surface area contributed by atoms with E-state index in [-0.39, 0.29) is 6.54 Å². The van der Waals surface area contributed by atoms with Gasteiger partial charge in [-0.25, -0.2) is 0 Å². The van der Waals surface area contributed by atoms with E-state index in [1.165, 1.54) is 6.92 Å². The van der Waals surface area contributed by atoms with E-state index < -0.39 is 24.0 Å². The van der Waals surface area contributed by atoms with Crippen molar-refractivity contribution in [3.8, 4) is 0 Å². The van der Waals surface area contributed by atoms with Gasteiger partial charge in [0.2, 0.25) is 0 Å². The lowest BCUT2D eigenvalue weighted by Crippen LogP contribution is -2.46. The predicted octanol–water partition coefficient (Wildman–Crippen LogP) is -0.565. The smallest absolute Gasteiger partial charge is 0.256 e. The average molecular weight is 213 g/mol. The number of β-amino-alcohol motifs (C(OH)–C–C–N with tert-alkyl or cyclic N) is 1. The molecule has 1 unspecified atom stereocenters. The largest absolute Gasteiger partial charge is 0.393 e. The van der Waals surface area contributed by atoms with Crippen molar-refractivity contribution >= 4 is 11.8 Å². The summed E-state index contributed by atoms with van der Waals surface area (Å²) in [5.74, 6) is -0.794. The number of hydrogen-bond acceptors (Lipinski definition) is 4. The van der Waals surface area contributed by atoms with Crippen LogP contribution in [0.5, 0.6) is 0 Å². The molecule has 0 fully saturated rings. The molecule has 0 saturated heterocycles. The van der Waals surface area contributed by atoms with Gasteiger partial charge in [0.25, 0.3) is 11.8 Å². The standard InChI is InChI=1S/C10H15NO4/c1-6-7(2)9(14)11(8(6)13)4-10(3,15)5-12/h12,15H,4-5H2,1-3H3. The van der Waals surface area contributed by atoms with Crippen LogP contribution in [0, 0.1) is 0 Å². The zero-order valence-corrected chi connectivity index (χ0v) is 9.07. The van der Waals surface area contributed by atoms with Crippen molar-refractivity contribution in [2.24, 2.45) is 0 Å². The third-order valence-corrected chi connectivity index (χ3v) is 2.53. The summed E-state index contributed by atoms with van der Waals surface area (Å²) in [7, 11) is 0. The van der Waals surface area contributed by atoms with Crippen LogP contribution in [-0.2, 0) is 9.59 Å². The van der Waals surface area contributed by atoms with Crippen LogP contribution in [0.2, 0.25) is 0 Å². The minimum atomic E-state index is -1.45. The van der Waals surface area contributed by atoms with Crippen molar-refractivity contribution in [3.63, 3.8) is 0 Å². The second kappa shape index (κ2) is 3.75. The van der Waals surface area contributed by atoms with Crippen LogP contribution < -0.4 is 0 Å². The fourth-order valence-corrected chi connectivity index (χ4v) is 1.35. The summed E-state index contributed by atoms with van der Waals surface area (Å²) < 4.78 is 0. The summed E-state index contributed by atoms with van der Waals surface area (Å²) in [6, 6.07) is 0. The van der Waals surface area contributed by atoms with E-state index in [1.807, 2.05) is 0 Å². The van der Waals surface area contributed by atoms with Crippen LogP contribution >= 0.6 is 0 Å². The Balaban J connectivity index is 2.85. The highest BCUT2D eigenvalue weighted by Crippen LogP contribution is 2.21. The molecule has 0 aromatic carbocycles. The Morgan fingerprint density at radius 3 is 1.93 bits per heavy atom. The molecule has 1 rings (SSSR count). The molecule has 2 amide bonds. The Labute approximate surface area is 88.0 Å². The Morgan fingerprint density at radius 1 is 1.20 bits per heavy atom. The van der Waals surface area contributed by atoms with Gasteiger partial charge in [-0.05, 0) is 20.8 Å². The second-order valence-corrected chi connectivity index (χ2v) is 4.10. The van der Waals surface area contributed by atoms with Gasteiger partial charge < -0.3 is 10.2 Å². The molecule has 1 heterocycles. The first-order valence-corrected chi connectivity index (χ1v) is 4.67. The molecular weight excluding hydrogens is 198 g/mol. The van der Waals surface area contributed by atoms with Crippen LogP contribution in [0.25, 0.3) is 0 Å². The zero-order chi connectivity index (χ0) is 11.8. The molecule has 15 heavy (non-hydrogen) atoms. The first kappa shape index (κ1) is 11.9. The lowest BCUT2D eigenvalue weighted by molar-refractivity contribution is -0.142. The molecule has 0 saturated carbocycles. The van der Waals surface area contributed by atoms with Crippen LogP contribution in [0.3, 0.4) is 0 Å². The normalized spacial score (nSPS) is 21.3. The first-order valence-electron chi connectivity index (χ1n) is 4.67. The van der Waals surface area contributed by atoms with Gasteiger partial charge >= 0.3 is 0 Å². The molecule has 0 aliphatic carbocycles. The second-order valence-electron chi connectivity index (χ2n) is 4.10. The number of rotatable bonds is 3. The molecule has 84 valence electrons. The van der Waals surface area contributed by atoms with Crippen molar-refractivity contribution in [2.45, 2.75) is 26.4 Å². The van der Waals surface area contributed by atoms with Crippen molar-refractivity contribution < 1.29 is 19.8 Å². The molecule has 5 heteroatoms. The van der Waals surface area contributed by atoms with E-state index in [9.17, 15) is 14.7 Å². The van der Waals surface area contributed by atoms with Gasteiger partial charge in [0.1, 0.15) is 5.60 Å². The molecule has 0 aromatic rings. The summed E-state index contributed by atoms with van der Waals surface area (Å²) in [5, 5.41) is 18.4. The third-order valence-electron chi connectivity index (χ3n) is 2.53. The lowest BCUT2D eigenvalue weighted by Gasteiger charge is -2.26. The maximum Gasteiger partial charge on any atom is 0.256 e. The van der Waals surface area contributed by atoms with Gasteiger partial charge in [-0.15, -0.1) is 0 Å². The highest BCUT2D eigenvalue weighted by Gasteiger charge is 2.37. The van der Waals surface area contributed by atoms with E-state index in [4.69, 9.17) is 5.11 Å². The van der Waals surface area contributed by atoms with Gasteiger partial charge in [0, 0.05) is 11.1 Å². The number of aliphatic hydroxyl groups is 2. The number of hydrogen-bond donors (Lipinski definition) is 2. The quantitative estimate of drug-likeness (QED) is 0.616. The maximum atomic E-state index is 11.6.